The summed E-state index contributed by atoms with van der Waals surface area (Å²) >= 11 is 0. The Hall–Kier alpha value is -1.75. The summed E-state index contributed by atoms with van der Waals surface area (Å²) in [5.74, 6) is -2.54. The molecule has 0 saturated carbocycles. The molecular formula is C13H16FNO3. The Morgan fingerprint density at radius 2 is 1.89 bits per heavy atom. The van der Waals surface area contributed by atoms with Gasteiger partial charge in [-0.05, 0) is 31.0 Å². The van der Waals surface area contributed by atoms with Crippen LogP contribution in [0.3, 0.4) is 0 Å². The van der Waals surface area contributed by atoms with E-state index in [-0.39, 0.29) is 24.4 Å². The minimum absolute atomic E-state index is 0.107. The van der Waals surface area contributed by atoms with Crippen LogP contribution in [0.1, 0.15) is 18.9 Å². The van der Waals surface area contributed by atoms with E-state index in [2.05, 4.69) is 0 Å². The zero-order valence-electron chi connectivity index (χ0n) is 10.1. The van der Waals surface area contributed by atoms with Crippen LogP contribution in [-0.2, 0) is 16.0 Å². The molecule has 0 radical (unpaired) electrons. The van der Waals surface area contributed by atoms with E-state index in [0.717, 1.165) is 0 Å². The molecule has 1 rings (SSSR count). The van der Waals surface area contributed by atoms with Gasteiger partial charge >= 0.3 is 5.97 Å². The lowest BCUT2D eigenvalue weighted by Crippen LogP contribution is -2.31. The smallest absolute Gasteiger partial charge is 0.307 e. The van der Waals surface area contributed by atoms with Gasteiger partial charge in [0.05, 0.1) is 12.0 Å². The number of aliphatic carboxylic acids is 1. The minimum Gasteiger partial charge on any atom is -0.481 e. The van der Waals surface area contributed by atoms with Gasteiger partial charge in [0.25, 0.3) is 0 Å². The molecule has 0 fully saturated rings. The van der Waals surface area contributed by atoms with Crippen molar-refractivity contribution in [2.45, 2.75) is 25.8 Å². The molecule has 0 unspecified atom stereocenters. The number of rotatable bonds is 6. The summed E-state index contributed by atoms with van der Waals surface area (Å²) in [6, 6.07) is 4.90. The number of carbonyl (C=O) groups is 2. The molecule has 98 valence electrons. The molecule has 5 heteroatoms. The highest BCUT2D eigenvalue weighted by Crippen LogP contribution is 2.14. The Morgan fingerprint density at radius 3 is 2.33 bits per heavy atom. The predicted molar refractivity (Wildman–Crippen MR) is 64.5 cm³/mol. The molecule has 0 aliphatic carbocycles. The fraction of sp³-hybridized carbons (Fsp3) is 0.385. The van der Waals surface area contributed by atoms with Crippen molar-refractivity contribution in [2.24, 2.45) is 11.7 Å². The summed E-state index contributed by atoms with van der Waals surface area (Å²) in [5, 5.41) is 9.05. The van der Waals surface area contributed by atoms with Crippen molar-refractivity contribution < 1.29 is 19.1 Å². The van der Waals surface area contributed by atoms with Crippen LogP contribution in [0.4, 0.5) is 4.39 Å². The number of hydrogen-bond acceptors (Lipinski definition) is 3. The van der Waals surface area contributed by atoms with Crippen molar-refractivity contribution in [3.63, 3.8) is 0 Å². The number of carboxylic acids is 1. The molecular weight excluding hydrogens is 237 g/mol. The Kier molecular flexibility index (Phi) is 4.97. The Balaban J connectivity index is 2.72. The maximum absolute atomic E-state index is 12.7. The summed E-state index contributed by atoms with van der Waals surface area (Å²) < 4.78 is 12.7. The van der Waals surface area contributed by atoms with Gasteiger partial charge in [0.1, 0.15) is 11.6 Å². The molecule has 0 aromatic heterocycles. The molecule has 0 amide bonds. The molecule has 0 spiro atoms. The molecule has 1 aromatic carbocycles. The van der Waals surface area contributed by atoms with Crippen molar-refractivity contribution in [1.29, 1.82) is 0 Å². The van der Waals surface area contributed by atoms with Gasteiger partial charge in [-0.3, -0.25) is 9.59 Å². The molecule has 0 heterocycles. The molecule has 0 saturated heterocycles. The van der Waals surface area contributed by atoms with Gasteiger partial charge in [0, 0.05) is 6.42 Å². The number of halogens is 1. The summed E-state index contributed by atoms with van der Waals surface area (Å²) in [5.41, 5.74) is 6.09. The van der Waals surface area contributed by atoms with Crippen molar-refractivity contribution >= 4 is 11.8 Å². The summed E-state index contributed by atoms with van der Waals surface area (Å²) in [6.07, 6.45) is 0.0818. The van der Waals surface area contributed by atoms with Gasteiger partial charge in [-0.2, -0.15) is 0 Å². The number of hydrogen-bond donors (Lipinski definition) is 2. The second kappa shape index (κ2) is 6.26. The monoisotopic (exact) mass is 253 g/mol. The highest BCUT2D eigenvalue weighted by Gasteiger charge is 2.23. The first-order valence-corrected chi connectivity index (χ1v) is 5.65. The van der Waals surface area contributed by atoms with Crippen LogP contribution in [-0.4, -0.2) is 22.9 Å². The van der Waals surface area contributed by atoms with Crippen LogP contribution in [0.15, 0.2) is 24.3 Å². The Bertz CT molecular complexity index is 428. The van der Waals surface area contributed by atoms with E-state index in [4.69, 9.17) is 10.8 Å². The zero-order valence-corrected chi connectivity index (χ0v) is 10.1. The SMILES string of the molecule is C[C@H](N)C(=O)C[C@@H](Cc1ccc(F)cc1)C(=O)O. The number of Topliss-reactive ketones (excluding diaryl/α,β-unsaturated/α-hetero) is 1. The maximum Gasteiger partial charge on any atom is 0.307 e. The van der Waals surface area contributed by atoms with Crippen LogP contribution in [0.5, 0.6) is 0 Å². The zero-order chi connectivity index (χ0) is 13.7. The van der Waals surface area contributed by atoms with E-state index in [1.807, 2.05) is 0 Å². The van der Waals surface area contributed by atoms with Gasteiger partial charge < -0.3 is 10.8 Å². The maximum atomic E-state index is 12.7. The average molecular weight is 253 g/mol. The lowest BCUT2D eigenvalue weighted by Gasteiger charge is -2.13. The second-order valence-electron chi connectivity index (χ2n) is 4.32. The first-order chi connectivity index (χ1) is 8.40. The lowest BCUT2D eigenvalue weighted by atomic mass is 9.93. The Labute approximate surface area is 105 Å². The number of ketones is 1. The van der Waals surface area contributed by atoms with Gasteiger partial charge in [0.2, 0.25) is 0 Å². The normalized spacial score (nSPS) is 13.9. The summed E-state index contributed by atoms with van der Waals surface area (Å²) in [6.45, 7) is 1.53. The molecule has 4 nitrogen and oxygen atoms in total. The molecule has 1 aromatic rings. The molecule has 3 N–H and O–H groups in total. The molecule has 0 aliphatic rings. The molecule has 2 atom stereocenters. The minimum atomic E-state index is -1.05. The van der Waals surface area contributed by atoms with E-state index in [1.165, 1.54) is 31.2 Å². The van der Waals surface area contributed by atoms with Crippen LogP contribution < -0.4 is 5.73 Å². The van der Waals surface area contributed by atoms with E-state index in [9.17, 15) is 14.0 Å². The first kappa shape index (κ1) is 14.3. The van der Waals surface area contributed by atoms with Gasteiger partial charge in [0.15, 0.2) is 0 Å². The quantitative estimate of drug-likeness (QED) is 0.802. The average Bonchev–Trinajstić information content (AvgIpc) is 2.30. The van der Waals surface area contributed by atoms with E-state index in [0.29, 0.717) is 5.56 Å². The Morgan fingerprint density at radius 1 is 1.33 bits per heavy atom. The number of benzene rings is 1. The number of carbonyl (C=O) groups excluding carboxylic acids is 1. The largest absolute Gasteiger partial charge is 0.481 e. The molecule has 0 aliphatic heterocycles. The first-order valence-electron chi connectivity index (χ1n) is 5.65. The van der Waals surface area contributed by atoms with Crippen molar-refractivity contribution in [3.05, 3.63) is 35.6 Å². The third-order valence-electron chi connectivity index (χ3n) is 2.70. The predicted octanol–water partition coefficient (Wildman–Crippen LogP) is 1.38. The van der Waals surface area contributed by atoms with E-state index >= 15 is 0 Å². The third kappa shape index (κ3) is 4.25. The van der Waals surface area contributed by atoms with Crippen molar-refractivity contribution in [1.82, 2.24) is 0 Å². The molecule has 0 bridgehead atoms. The van der Waals surface area contributed by atoms with Crippen LogP contribution in [0.2, 0.25) is 0 Å². The molecule has 18 heavy (non-hydrogen) atoms. The standard InChI is InChI=1S/C13H16FNO3/c1-8(15)12(16)7-10(13(17)18)6-9-2-4-11(14)5-3-9/h2-5,8,10H,6-7,15H2,1H3,(H,17,18)/t8-,10+/m0/s1. The lowest BCUT2D eigenvalue weighted by molar-refractivity contribution is -0.143. The van der Waals surface area contributed by atoms with Gasteiger partial charge in [-0.15, -0.1) is 0 Å². The van der Waals surface area contributed by atoms with Crippen molar-refractivity contribution in [3.8, 4) is 0 Å². The van der Waals surface area contributed by atoms with Gasteiger partial charge in [-0.25, -0.2) is 4.39 Å². The summed E-state index contributed by atoms with van der Waals surface area (Å²) in [7, 11) is 0. The summed E-state index contributed by atoms with van der Waals surface area (Å²) in [4.78, 5) is 22.5. The van der Waals surface area contributed by atoms with E-state index < -0.39 is 17.9 Å². The van der Waals surface area contributed by atoms with E-state index in [1.54, 1.807) is 0 Å². The fourth-order valence-electron chi connectivity index (χ4n) is 1.58. The van der Waals surface area contributed by atoms with Crippen LogP contribution in [0, 0.1) is 11.7 Å². The third-order valence-corrected chi connectivity index (χ3v) is 2.70. The topological polar surface area (TPSA) is 80.4 Å². The van der Waals surface area contributed by atoms with Crippen LogP contribution in [0.25, 0.3) is 0 Å². The van der Waals surface area contributed by atoms with Crippen molar-refractivity contribution in [2.75, 3.05) is 0 Å². The van der Waals surface area contributed by atoms with Gasteiger partial charge in [-0.1, -0.05) is 12.1 Å². The number of nitrogens with two attached hydrogens (primary N) is 1. The second-order valence-corrected chi connectivity index (χ2v) is 4.32. The highest BCUT2D eigenvalue weighted by molar-refractivity contribution is 5.87. The van der Waals surface area contributed by atoms with Crippen LogP contribution >= 0.6 is 0 Å². The number of carboxylic acid groups (broad SMARTS) is 1. The fourth-order valence-corrected chi connectivity index (χ4v) is 1.58. The highest BCUT2D eigenvalue weighted by atomic mass is 19.1.